The zero-order valence-corrected chi connectivity index (χ0v) is 9.53. The molecule has 1 aromatic rings. The van der Waals surface area contributed by atoms with E-state index in [1.54, 1.807) is 11.6 Å². The van der Waals surface area contributed by atoms with Gasteiger partial charge in [-0.2, -0.15) is 5.10 Å². The van der Waals surface area contributed by atoms with Gasteiger partial charge in [0.25, 0.3) is 0 Å². The molecule has 1 rings (SSSR count). The quantitative estimate of drug-likeness (QED) is 0.740. The van der Waals surface area contributed by atoms with Gasteiger partial charge in [0.15, 0.2) is 5.78 Å². The molecule has 0 saturated carbocycles. The maximum absolute atomic E-state index is 11.4. The maximum atomic E-state index is 11.4. The van der Waals surface area contributed by atoms with Gasteiger partial charge in [-0.15, -0.1) is 0 Å². The molecule has 78 valence electrons. The lowest BCUT2D eigenvalue weighted by atomic mass is 10.0. The highest BCUT2D eigenvalue weighted by Crippen LogP contribution is 2.18. The van der Waals surface area contributed by atoms with E-state index in [1.807, 2.05) is 26.1 Å². The normalized spacial score (nSPS) is 12.1. The number of rotatable bonds is 3. The molecule has 0 fully saturated rings. The van der Waals surface area contributed by atoms with Gasteiger partial charge in [-0.1, -0.05) is 13.8 Å². The third-order valence-electron chi connectivity index (χ3n) is 2.64. The van der Waals surface area contributed by atoms with Gasteiger partial charge < -0.3 is 0 Å². The lowest BCUT2D eigenvalue weighted by Crippen LogP contribution is -2.34. The molecule has 3 heteroatoms. The zero-order chi connectivity index (χ0) is 10.9. The van der Waals surface area contributed by atoms with Crippen LogP contribution in [-0.4, -0.2) is 15.6 Å². The fraction of sp³-hybridized carbons (Fsp3) is 0.636. The molecule has 0 amide bonds. The van der Waals surface area contributed by atoms with Crippen LogP contribution in [0.4, 0.5) is 0 Å². The molecule has 0 spiro atoms. The summed E-state index contributed by atoms with van der Waals surface area (Å²) in [6.45, 7) is 9.54. The van der Waals surface area contributed by atoms with Crippen molar-refractivity contribution in [2.24, 2.45) is 0 Å². The first-order chi connectivity index (χ1) is 6.35. The van der Waals surface area contributed by atoms with E-state index in [1.165, 1.54) is 0 Å². The van der Waals surface area contributed by atoms with Gasteiger partial charge in [-0.05, 0) is 32.8 Å². The Hall–Kier alpha value is -1.12. The van der Waals surface area contributed by atoms with E-state index < -0.39 is 5.54 Å². The highest BCUT2D eigenvalue weighted by molar-refractivity contribution is 5.83. The number of aromatic nitrogens is 2. The summed E-state index contributed by atoms with van der Waals surface area (Å²) in [5, 5.41) is 4.40. The van der Waals surface area contributed by atoms with E-state index in [0.29, 0.717) is 5.92 Å². The number of hydrogen-bond donors (Lipinski definition) is 0. The van der Waals surface area contributed by atoms with Gasteiger partial charge in [0.1, 0.15) is 5.54 Å². The molecule has 3 nitrogen and oxygen atoms in total. The fourth-order valence-corrected chi connectivity index (χ4v) is 1.12. The maximum Gasteiger partial charge on any atom is 0.156 e. The average molecular weight is 194 g/mol. The first-order valence-electron chi connectivity index (χ1n) is 4.92. The minimum Gasteiger partial charge on any atom is -0.297 e. The molecule has 0 aliphatic rings. The van der Waals surface area contributed by atoms with Crippen molar-refractivity contribution in [1.82, 2.24) is 9.78 Å². The topological polar surface area (TPSA) is 34.9 Å². The molecule has 0 aromatic carbocycles. The third-order valence-corrected chi connectivity index (χ3v) is 2.64. The van der Waals surface area contributed by atoms with Crippen molar-refractivity contribution in [3.05, 3.63) is 18.0 Å². The van der Waals surface area contributed by atoms with E-state index in [0.717, 1.165) is 5.69 Å². The molecule has 0 aliphatic carbocycles. The van der Waals surface area contributed by atoms with Crippen molar-refractivity contribution in [1.29, 1.82) is 0 Å². The fourth-order valence-electron chi connectivity index (χ4n) is 1.12. The molecular weight excluding hydrogens is 176 g/mol. The number of Topliss-reactive ketones (excluding diaryl/α,β-unsaturated/α-hetero) is 1. The smallest absolute Gasteiger partial charge is 0.156 e. The molecule has 0 saturated heterocycles. The second-order valence-electron chi connectivity index (χ2n) is 4.46. The monoisotopic (exact) mass is 194 g/mol. The zero-order valence-electron chi connectivity index (χ0n) is 9.53. The van der Waals surface area contributed by atoms with Crippen LogP contribution in [0, 0.1) is 0 Å². The molecular formula is C11H18N2O. The van der Waals surface area contributed by atoms with Crippen LogP contribution in [0.2, 0.25) is 0 Å². The Labute approximate surface area is 85.1 Å². The van der Waals surface area contributed by atoms with E-state index in [9.17, 15) is 4.79 Å². The molecule has 0 atom stereocenters. The third kappa shape index (κ3) is 1.86. The summed E-state index contributed by atoms with van der Waals surface area (Å²) in [5.41, 5.74) is 0.493. The van der Waals surface area contributed by atoms with Crippen LogP contribution >= 0.6 is 0 Å². The van der Waals surface area contributed by atoms with Crippen LogP contribution in [-0.2, 0) is 10.3 Å². The first-order valence-corrected chi connectivity index (χ1v) is 4.92. The number of ketones is 1. The molecule has 14 heavy (non-hydrogen) atoms. The molecule has 0 N–H and O–H groups in total. The largest absolute Gasteiger partial charge is 0.297 e. The van der Waals surface area contributed by atoms with E-state index >= 15 is 0 Å². The summed E-state index contributed by atoms with van der Waals surface area (Å²) >= 11 is 0. The first kappa shape index (κ1) is 11.0. The van der Waals surface area contributed by atoms with Crippen LogP contribution in [0.15, 0.2) is 12.3 Å². The highest BCUT2D eigenvalue weighted by atomic mass is 16.1. The lowest BCUT2D eigenvalue weighted by Gasteiger charge is -2.21. The molecule has 1 heterocycles. The van der Waals surface area contributed by atoms with Gasteiger partial charge in [0.05, 0.1) is 5.69 Å². The van der Waals surface area contributed by atoms with E-state index in [2.05, 4.69) is 18.9 Å². The summed E-state index contributed by atoms with van der Waals surface area (Å²) in [6.07, 6.45) is 1.87. The lowest BCUT2D eigenvalue weighted by molar-refractivity contribution is -0.124. The van der Waals surface area contributed by atoms with Crippen LogP contribution in [0.3, 0.4) is 0 Å². The molecule has 0 bridgehead atoms. The highest BCUT2D eigenvalue weighted by Gasteiger charge is 2.26. The van der Waals surface area contributed by atoms with Crippen LogP contribution in [0.1, 0.15) is 46.2 Å². The molecule has 1 aromatic heterocycles. The minimum atomic E-state index is -0.535. The number of nitrogens with zero attached hydrogens (tertiary/aromatic N) is 2. The summed E-state index contributed by atoms with van der Waals surface area (Å²) in [4.78, 5) is 11.4. The van der Waals surface area contributed by atoms with Crippen molar-refractivity contribution in [2.45, 2.75) is 46.1 Å². The Balaban J connectivity index is 3.03. The van der Waals surface area contributed by atoms with Crippen LogP contribution in [0.25, 0.3) is 0 Å². The Bertz CT molecular complexity index is 337. The van der Waals surface area contributed by atoms with Crippen molar-refractivity contribution in [2.75, 3.05) is 0 Å². The Morgan fingerprint density at radius 2 is 2.07 bits per heavy atom. The predicted molar refractivity (Wildman–Crippen MR) is 56.3 cm³/mol. The number of carbonyl (C=O) groups excluding carboxylic acids is 1. The van der Waals surface area contributed by atoms with Gasteiger partial charge in [-0.3, -0.25) is 9.48 Å². The standard InChI is InChI=1S/C11H18N2O/c1-8(2)10-6-7-13(12-10)11(4,5)9(3)14/h6-8H,1-5H3. The Morgan fingerprint density at radius 3 is 2.43 bits per heavy atom. The number of carbonyl (C=O) groups is 1. The van der Waals surface area contributed by atoms with Crippen molar-refractivity contribution in [3.63, 3.8) is 0 Å². The van der Waals surface area contributed by atoms with Gasteiger partial charge in [-0.25, -0.2) is 0 Å². The minimum absolute atomic E-state index is 0.121. The molecule has 0 radical (unpaired) electrons. The van der Waals surface area contributed by atoms with Crippen molar-refractivity contribution >= 4 is 5.78 Å². The van der Waals surface area contributed by atoms with Crippen LogP contribution < -0.4 is 0 Å². The average Bonchev–Trinajstić information content (AvgIpc) is 2.51. The molecule has 0 aliphatic heterocycles. The summed E-state index contributed by atoms with van der Waals surface area (Å²) in [5.74, 6) is 0.523. The predicted octanol–water partition coefficient (Wildman–Crippen LogP) is 2.33. The van der Waals surface area contributed by atoms with Crippen LogP contribution in [0.5, 0.6) is 0 Å². The van der Waals surface area contributed by atoms with Crippen molar-refractivity contribution in [3.8, 4) is 0 Å². The molecule has 0 unspecified atom stereocenters. The SMILES string of the molecule is CC(=O)C(C)(C)n1ccc(C(C)C)n1. The second-order valence-corrected chi connectivity index (χ2v) is 4.46. The number of hydrogen-bond acceptors (Lipinski definition) is 2. The summed E-state index contributed by atoms with van der Waals surface area (Å²) < 4.78 is 1.74. The van der Waals surface area contributed by atoms with Crippen molar-refractivity contribution < 1.29 is 4.79 Å². The van der Waals surface area contributed by atoms with Gasteiger partial charge >= 0.3 is 0 Å². The summed E-state index contributed by atoms with van der Waals surface area (Å²) in [6, 6.07) is 1.97. The van der Waals surface area contributed by atoms with E-state index in [-0.39, 0.29) is 5.78 Å². The van der Waals surface area contributed by atoms with E-state index in [4.69, 9.17) is 0 Å². The Kier molecular flexibility index (Phi) is 2.79. The second kappa shape index (κ2) is 3.56. The Morgan fingerprint density at radius 1 is 1.50 bits per heavy atom. The van der Waals surface area contributed by atoms with Gasteiger partial charge in [0.2, 0.25) is 0 Å². The summed E-state index contributed by atoms with van der Waals surface area (Å²) in [7, 11) is 0. The van der Waals surface area contributed by atoms with Gasteiger partial charge in [0, 0.05) is 6.20 Å².